The highest BCUT2D eigenvalue weighted by atomic mass is 16.6. The molecule has 0 aliphatic heterocycles. The number of carbonyl (C=O) groups excluding carboxylic acids is 1. The molecule has 1 unspecified atom stereocenters. The van der Waals surface area contributed by atoms with Crippen LogP contribution in [0, 0.1) is 17.3 Å². The molecule has 1 aliphatic rings. The van der Waals surface area contributed by atoms with Crippen LogP contribution in [0.2, 0.25) is 0 Å². The van der Waals surface area contributed by atoms with Gasteiger partial charge < -0.3 is 15.8 Å². The Balaban J connectivity index is 2.20. The van der Waals surface area contributed by atoms with Gasteiger partial charge in [0.15, 0.2) is 0 Å². The van der Waals surface area contributed by atoms with E-state index >= 15 is 0 Å². The molecule has 3 N–H and O–H groups in total. The first-order chi connectivity index (χ1) is 13.5. The lowest BCUT2D eigenvalue weighted by Gasteiger charge is -2.32. The standard InChI is InChI=1S/C25H32N2O2/c1-7-18-13-14-19-11-9-10-12-20(19)15-22(21(18)8-2)29-23(28)27-17-24(3,4)16-25(5,6)26/h7-12,22H,1-2,15-17,26H2,3-6H3,(H,27,28)/b21-18-. The van der Waals surface area contributed by atoms with Crippen molar-refractivity contribution in [1.82, 2.24) is 5.32 Å². The summed E-state index contributed by atoms with van der Waals surface area (Å²) in [7, 11) is 0. The molecule has 0 saturated heterocycles. The summed E-state index contributed by atoms with van der Waals surface area (Å²) >= 11 is 0. The molecule has 0 heterocycles. The van der Waals surface area contributed by atoms with E-state index < -0.39 is 12.2 Å². The summed E-state index contributed by atoms with van der Waals surface area (Å²) in [5.41, 5.74) is 9.12. The summed E-state index contributed by atoms with van der Waals surface area (Å²) in [6.07, 6.45) is 3.70. The molecule has 0 radical (unpaired) electrons. The van der Waals surface area contributed by atoms with Gasteiger partial charge in [0.05, 0.1) is 0 Å². The third-order valence-electron chi connectivity index (χ3n) is 4.73. The first kappa shape index (κ1) is 22.5. The zero-order valence-electron chi connectivity index (χ0n) is 18.0. The molecule has 154 valence electrons. The van der Waals surface area contributed by atoms with Crippen LogP contribution in [-0.4, -0.2) is 24.3 Å². The van der Waals surface area contributed by atoms with Gasteiger partial charge in [0, 0.05) is 35.2 Å². The number of carbonyl (C=O) groups is 1. The fourth-order valence-electron chi connectivity index (χ4n) is 3.80. The molecule has 0 aromatic heterocycles. The largest absolute Gasteiger partial charge is 0.441 e. The summed E-state index contributed by atoms with van der Waals surface area (Å²) in [6, 6.07) is 7.88. The molecule has 4 nitrogen and oxygen atoms in total. The molecular formula is C25H32N2O2. The molecule has 1 aromatic rings. The molecule has 29 heavy (non-hydrogen) atoms. The van der Waals surface area contributed by atoms with Gasteiger partial charge in [-0.25, -0.2) is 4.79 Å². The molecule has 1 aliphatic carbocycles. The van der Waals surface area contributed by atoms with Crippen molar-refractivity contribution in [2.45, 2.75) is 52.2 Å². The van der Waals surface area contributed by atoms with Gasteiger partial charge >= 0.3 is 6.09 Å². The zero-order chi connectivity index (χ0) is 21.7. The number of alkyl carbamates (subject to hydrolysis) is 1. The summed E-state index contributed by atoms with van der Waals surface area (Å²) in [5, 5.41) is 2.89. The van der Waals surface area contributed by atoms with Gasteiger partial charge in [-0.2, -0.15) is 0 Å². The average Bonchev–Trinajstić information content (AvgIpc) is 2.60. The van der Waals surface area contributed by atoms with Crippen LogP contribution in [0.15, 0.2) is 60.7 Å². The van der Waals surface area contributed by atoms with E-state index in [1.54, 1.807) is 12.2 Å². The second kappa shape index (κ2) is 9.15. The van der Waals surface area contributed by atoms with Crippen LogP contribution in [0.3, 0.4) is 0 Å². The Bertz CT molecular complexity index is 876. The first-order valence-corrected chi connectivity index (χ1v) is 9.87. The fraction of sp³-hybridized carbons (Fsp3) is 0.400. The number of hydrogen-bond acceptors (Lipinski definition) is 3. The van der Waals surface area contributed by atoms with E-state index in [0.717, 1.165) is 28.7 Å². The van der Waals surface area contributed by atoms with E-state index in [0.29, 0.717) is 13.0 Å². The van der Waals surface area contributed by atoms with E-state index in [9.17, 15) is 4.79 Å². The summed E-state index contributed by atoms with van der Waals surface area (Å²) < 4.78 is 5.82. The molecule has 1 atom stereocenters. The molecule has 4 heteroatoms. The third kappa shape index (κ3) is 6.66. The van der Waals surface area contributed by atoms with Gasteiger partial charge in [-0.05, 0) is 37.3 Å². The first-order valence-electron chi connectivity index (χ1n) is 9.87. The molecule has 2 rings (SSSR count). The Morgan fingerprint density at radius 2 is 1.93 bits per heavy atom. The molecule has 0 saturated carbocycles. The molecule has 0 bridgehead atoms. The molecule has 0 fully saturated rings. The number of nitrogens with one attached hydrogen (secondary N) is 1. The van der Waals surface area contributed by atoms with Gasteiger partial charge in [-0.3, -0.25) is 0 Å². The van der Waals surface area contributed by atoms with Gasteiger partial charge in [-0.15, -0.1) is 0 Å². The molecule has 1 amide bonds. The van der Waals surface area contributed by atoms with Crippen molar-refractivity contribution in [1.29, 1.82) is 0 Å². The van der Waals surface area contributed by atoms with Gasteiger partial charge in [0.1, 0.15) is 6.10 Å². The van der Waals surface area contributed by atoms with Crippen LogP contribution in [-0.2, 0) is 11.2 Å². The molecular weight excluding hydrogens is 360 g/mol. The Kier molecular flexibility index (Phi) is 7.11. The van der Waals surface area contributed by atoms with Crippen molar-refractivity contribution in [2.75, 3.05) is 6.54 Å². The summed E-state index contributed by atoms with van der Waals surface area (Å²) in [6.45, 7) is 16.3. The highest BCUT2D eigenvalue weighted by Crippen LogP contribution is 2.26. The summed E-state index contributed by atoms with van der Waals surface area (Å²) in [4.78, 5) is 12.6. The maximum absolute atomic E-state index is 12.6. The number of rotatable bonds is 7. The van der Waals surface area contributed by atoms with Crippen LogP contribution in [0.25, 0.3) is 0 Å². The topological polar surface area (TPSA) is 64.3 Å². The SMILES string of the molecule is C=C/C1=C(\C=C)C(OC(=O)NCC(C)(C)CC(C)(C)N)Cc2ccccc2C#C1. The number of allylic oxidation sites excluding steroid dienone is 2. The Morgan fingerprint density at radius 3 is 2.55 bits per heavy atom. The lowest BCUT2D eigenvalue weighted by Crippen LogP contribution is -2.43. The second-order valence-electron chi connectivity index (χ2n) is 8.97. The predicted octanol–water partition coefficient (Wildman–Crippen LogP) is 4.51. The normalized spacial score (nSPS) is 19.0. The van der Waals surface area contributed by atoms with Crippen molar-refractivity contribution >= 4 is 6.09 Å². The minimum atomic E-state index is -0.495. The maximum Gasteiger partial charge on any atom is 0.407 e. The highest BCUT2D eigenvalue weighted by molar-refractivity contribution is 5.68. The summed E-state index contributed by atoms with van der Waals surface area (Å²) in [5.74, 6) is 6.30. The van der Waals surface area contributed by atoms with Gasteiger partial charge in [0.25, 0.3) is 0 Å². The quantitative estimate of drug-likeness (QED) is 0.671. The lowest BCUT2D eigenvalue weighted by molar-refractivity contribution is 0.110. The number of hydrogen-bond donors (Lipinski definition) is 2. The van der Waals surface area contributed by atoms with E-state index in [2.05, 4.69) is 44.2 Å². The highest BCUT2D eigenvalue weighted by Gasteiger charge is 2.28. The monoisotopic (exact) mass is 392 g/mol. The van der Waals surface area contributed by atoms with E-state index in [-0.39, 0.29) is 11.0 Å². The Labute approximate surface area is 174 Å². The van der Waals surface area contributed by atoms with Crippen molar-refractivity contribution in [3.63, 3.8) is 0 Å². The van der Waals surface area contributed by atoms with Crippen LogP contribution >= 0.6 is 0 Å². The fourth-order valence-corrected chi connectivity index (χ4v) is 3.80. The van der Waals surface area contributed by atoms with E-state index in [1.165, 1.54) is 0 Å². The number of ether oxygens (including phenoxy) is 1. The average molecular weight is 393 g/mol. The second-order valence-corrected chi connectivity index (χ2v) is 8.97. The number of fused-ring (bicyclic) bond motifs is 1. The predicted molar refractivity (Wildman–Crippen MR) is 119 cm³/mol. The van der Waals surface area contributed by atoms with Crippen molar-refractivity contribution in [3.05, 3.63) is 71.8 Å². The van der Waals surface area contributed by atoms with Crippen molar-refractivity contribution < 1.29 is 9.53 Å². The van der Waals surface area contributed by atoms with Crippen molar-refractivity contribution in [2.24, 2.45) is 11.1 Å². The maximum atomic E-state index is 12.6. The lowest BCUT2D eigenvalue weighted by atomic mass is 9.80. The number of amides is 1. The minimum absolute atomic E-state index is 0.153. The van der Waals surface area contributed by atoms with Gasteiger partial charge in [-0.1, -0.05) is 69.2 Å². The van der Waals surface area contributed by atoms with Crippen LogP contribution in [0.4, 0.5) is 4.79 Å². The van der Waals surface area contributed by atoms with Crippen LogP contribution in [0.1, 0.15) is 45.2 Å². The van der Waals surface area contributed by atoms with Crippen LogP contribution < -0.4 is 11.1 Å². The Hall–Kier alpha value is -2.77. The zero-order valence-corrected chi connectivity index (χ0v) is 18.0. The van der Waals surface area contributed by atoms with E-state index in [4.69, 9.17) is 10.5 Å². The third-order valence-corrected chi connectivity index (χ3v) is 4.73. The molecule has 1 aromatic carbocycles. The van der Waals surface area contributed by atoms with Crippen molar-refractivity contribution in [3.8, 4) is 11.8 Å². The number of nitrogens with two attached hydrogens (primary N) is 1. The Morgan fingerprint density at radius 1 is 1.24 bits per heavy atom. The van der Waals surface area contributed by atoms with Crippen LogP contribution in [0.5, 0.6) is 0 Å². The smallest absolute Gasteiger partial charge is 0.407 e. The number of benzene rings is 1. The van der Waals surface area contributed by atoms with E-state index in [1.807, 2.05) is 38.1 Å². The minimum Gasteiger partial charge on any atom is -0.441 e. The molecule has 0 spiro atoms. The van der Waals surface area contributed by atoms with Gasteiger partial charge in [0.2, 0.25) is 0 Å².